The van der Waals surface area contributed by atoms with E-state index in [0.717, 1.165) is 23.3 Å². The Hall–Kier alpha value is -3.65. The van der Waals surface area contributed by atoms with Crippen LogP contribution in [-0.2, 0) is 11.2 Å². The molecule has 6 nitrogen and oxygen atoms in total. The Kier molecular flexibility index (Phi) is 7.93. The van der Waals surface area contributed by atoms with Crippen LogP contribution >= 0.6 is 11.8 Å². The number of nitrogens with zero attached hydrogens (tertiary/aromatic N) is 3. The normalized spacial score (nSPS) is 10.8. The maximum absolute atomic E-state index is 14.7. The van der Waals surface area contributed by atoms with Gasteiger partial charge in [-0.15, -0.1) is 10.2 Å². The molecule has 0 bridgehead atoms. The van der Waals surface area contributed by atoms with E-state index in [1.807, 2.05) is 61.5 Å². The first-order valence-corrected chi connectivity index (χ1v) is 12.0. The van der Waals surface area contributed by atoms with Gasteiger partial charge in [-0.05, 0) is 55.3 Å². The molecule has 1 N–H and O–H groups in total. The highest BCUT2D eigenvalue weighted by Crippen LogP contribution is 2.30. The van der Waals surface area contributed by atoms with Crippen molar-refractivity contribution in [1.29, 1.82) is 0 Å². The van der Waals surface area contributed by atoms with Gasteiger partial charge in [0, 0.05) is 12.1 Å². The predicted octanol–water partition coefficient (Wildman–Crippen LogP) is 4.92. The minimum atomic E-state index is -0.399. The first-order chi connectivity index (χ1) is 16.7. The number of amides is 1. The van der Waals surface area contributed by atoms with Crippen molar-refractivity contribution >= 4 is 17.7 Å². The molecule has 34 heavy (non-hydrogen) atoms. The Morgan fingerprint density at radius 3 is 2.47 bits per heavy atom. The predicted molar refractivity (Wildman–Crippen MR) is 132 cm³/mol. The minimum Gasteiger partial charge on any atom is -0.494 e. The van der Waals surface area contributed by atoms with E-state index >= 15 is 0 Å². The third-order valence-electron chi connectivity index (χ3n) is 5.06. The Morgan fingerprint density at radius 1 is 1.00 bits per heavy atom. The van der Waals surface area contributed by atoms with Crippen molar-refractivity contribution in [3.05, 3.63) is 90.2 Å². The monoisotopic (exact) mass is 476 g/mol. The van der Waals surface area contributed by atoms with E-state index in [1.165, 1.54) is 17.8 Å². The van der Waals surface area contributed by atoms with Crippen molar-refractivity contribution in [1.82, 2.24) is 20.1 Å². The zero-order valence-electron chi connectivity index (χ0n) is 18.8. The standard InChI is InChI=1S/C26H25FN4O2S/c1-2-33-21-14-12-20(13-15-21)25-29-30-26(31(25)23-11-7-6-10-22(23)27)34-18-24(32)28-17-16-19-8-4-3-5-9-19/h3-15H,2,16-18H2,1H3,(H,28,32). The maximum atomic E-state index is 14.7. The van der Waals surface area contributed by atoms with Gasteiger partial charge >= 0.3 is 0 Å². The van der Waals surface area contributed by atoms with Crippen LogP contribution < -0.4 is 10.1 Å². The molecule has 8 heteroatoms. The largest absolute Gasteiger partial charge is 0.494 e. The van der Waals surface area contributed by atoms with Gasteiger partial charge < -0.3 is 10.1 Å². The van der Waals surface area contributed by atoms with E-state index in [2.05, 4.69) is 15.5 Å². The van der Waals surface area contributed by atoms with Crippen molar-refractivity contribution in [2.75, 3.05) is 18.9 Å². The number of para-hydroxylation sites is 1. The average Bonchev–Trinajstić information content (AvgIpc) is 3.28. The number of hydrogen-bond donors (Lipinski definition) is 1. The van der Waals surface area contributed by atoms with Crippen molar-refractivity contribution < 1.29 is 13.9 Å². The fourth-order valence-corrected chi connectivity index (χ4v) is 4.21. The number of halogens is 1. The lowest BCUT2D eigenvalue weighted by Gasteiger charge is -2.12. The summed E-state index contributed by atoms with van der Waals surface area (Å²) in [5.41, 5.74) is 2.25. The van der Waals surface area contributed by atoms with Crippen LogP contribution in [0.3, 0.4) is 0 Å². The molecule has 0 radical (unpaired) electrons. The van der Waals surface area contributed by atoms with E-state index in [9.17, 15) is 9.18 Å². The zero-order valence-corrected chi connectivity index (χ0v) is 19.6. The number of ether oxygens (including phenoxy) is 1. The number of benzene rings is 3. The molecule has 0 atom stereocenters. The van der Waals surface area contributed by atoms with Crippen LogP contribution in [0.2, 0.25) is 0 Å². The highest BCUT2D eigenvalue weighted by Gasteiger charge is 2.19. The fourth-order valence-electron chi connectivity index (χ4n) is 3.44. The summed E-state index contributed by atoms with van der Waals surface area (Å²) >= 11 is 1.22. The summed E-state index contributed by atoms with van der Waals surface area (Å²) < 4.78 is 21.9. The first kappa shape index (κ1) is 23.5. The van der Waals surface area contributed by atoms with E-state index in [4.69, 9.17) is 4.74 Å². The fraction of sp³-hybridized carbons (Fsp3) is 0.192. The van der Waals surface area contributed by atoms with Gasteiger partial charge in [-0.25, -0.2) is 4.39 Å². The lowest BCUT2D eigenvalue weighted by Crippen LogP contribution is -2.27. The molecule has 0 saturated carbocycles. The van der Waals surface area contributed by atoms with Crippen molar-refractivity contribution in [3.8, 4) is 22.8 Å². The zero-order chi connectivity index (χ0) is 23.8. The lowest BCUT2D eigenvalue weighted by atomic mass is 10.1. The molecule has 0 fully saturated rings. The summed E-state index contributed by atoms with van der Waals surface area (Å²) in [5, 5.41) is 11.9. The molecular weight excluding hydrogens is 451 g/mol. The quantitative estimate of drug-likeness (QED) is 0.329. The third-order valence-corrected chi connectivity index (χ3v) is 5.99. The molecule has 0 spiro atoms. The Bertz CT molecular complexity index is 1230. The molecule has 1 amide bonds. The van der Waals surface area contributed by atoms with Gasteiger partial charge in [-0.2, -0.15) is 0 Å². The topological polar surface area (TPSA) is 69.0 Å². The summed E-state index contributed by atoms with van der Waals surface area (Å²) in [5.74, 6) is 0.852. The summed E-state index contributed by atoms with van der Waals surface area (Å²) in [6.07, 6.45) is 0.755. The molecule has 0 aliphatic heterocycles. The Morgan fingerprint density at radius 2 is 1.74 bits per heavy atom. The van der Waals surface area contributed by atoms with Crippen LogP contribution in [0.4, 0.5) is 4.39 Å². The Labute approximate surface area is 202 Å². The second-order valence-corrected chi connectivity index (χ2v) is 8.37. The molecule has 0 saturated heterocycles. The maximum Gasteiger partial charge on any atom is 0.230 e. The molecule has 3 aromatic carbocycles. The van der Waals surface area contributed by atoms with E-state index in [1.54, 1.807) is 22.8 Å². The number of carbonyl (C=O) groups excluding carboxylic acids is 1. The number of nitrogens with one attached hydrogen (secondary N) is 1. The smallest absolute Gasteiger partial charge is 0.230 e. The van der Waals surface area contributed by atoms with E-state index in [-0.39, 0.29) is 11.7 Å². The Balaban J connectivity index is 1.50. The number of carbonyl (C=O) groups is 1. The van der Waals surface area contributed by atoms with Crippen LogP contribution in [0.5, 0.6) is 5.75 Å². The van der Waals surface area contributed by atoms with Crippen molar-refractivity contribution in [2.45, 2.75) is 18.5 Å². The van der Waals surface area contributed by atoms with Gasteiger partial charge in [0.05, 0.1) is 18.0 Å². The summed E-state index contributed by atoms with van der Waals surface area (Å²) in [7, 11) is 0. The van der Waals surface area contributed by atoms with Gasteiger partial charge in [0.25, 0.3) is 0 Å². The van der Waals surface area contributed by atoms with Gasteiger partial charge in [0.15, 0.2) is 11.0 Å². The average molecular weight is 477 g/mol. The molecule has 1 heterocycles. The van der Waals surface area contributed by atoms with Crippen LogP contribution in [0, 0.1) is 5.82 Å². The van der Waals surface area contributed by atoms with E-state index < -0.39 is 5.82 Å². The second-order valence-electron chi connectivity index (χ2n) is 7.42. The minimum absolute atomic E-state index is 0.119. The highest BCUT2D eigenvalue weighted by molar-refractivity contribution is 7.99. The summed E-state index contributed by atoms with van der Waals surface area (Å²) in [6, 6.07) is 23.8. The lowest BCUT2D eigenvalue weighted by molar-refractivity contribution is -0.118. The van der Waals surface area contributed by atoms with Crippen molar-refractivity contribution in [3.63, 3.8) is 0 Å². The number of hydrogen-bond acceptors (Lipinski definition) is 5. The van der Waals surface area contributed by atoms with Crippen LogP contribution in [0.25, 0.3) is 17.1 Å². The second kappa shape index (κ2) is 11.5. The molecule has 174 valence electrons. The molecule has 4 aromatic rings. The van der Waals surface area contributed by atoms with Crippen LogP contribution in [0.1, 0.15) is 12.5 Å². The molecule has 0 aliphatic rings. The number of aromatic nitrogens is 3. The number of rotatable bonds is 10. The van der Waals surface area contributed by atoms with E-state index in [0.29, 0.717) is 29.8 Å². The van der Waals surface area contributed by atoms with Gasteiger partial charge in [-0.1, -0.05) is 54.2 Å². The highest BCUT2D eigenvalue weighted by atomic mass is 32.2. The molecule has 1 aromatic heterocycles. The molecule has 0 unspecified atom stereocenters. The molecular formula is C26H25FN4O2S. The SMILES string of the molecule is CCOc1ccc(-c2nnc(SCC(=O)NCCc3ccccc3)n2-c2ccccc2F)cc1. The van der Waals surface area contributed by atoms with Gasteiger partial charge in [0.1, 0.15) is 11.6 Å². The van der Waals surface area contributed by atoms with Gasteiger partial charge in [-0.3, -0.25) is 9.36 Å². The molecule has 0 aliphatic carbocycles. The summed E-state index contributed by atoms with van der Waals surface area (Å²) in [4.78, 5) is 12.4. The molecule has 4 rings (SSSR count). The van der Waals surface area contributed by atoms with Crippen molar-refractivity contribution in [2.24, 2.45) is 0 Å². The van der Waals surface area contributed by atoms with Crippen LogP contribution in [0.15, 0.2) is 84.0 Å². The third kappa shape index (κ3) is 5.82. The van der Waals surface area contributed by atoms with Crippen LogP contribution in [-0.4, -0.2) is 39.6 Å². The number of thioether (sulfide) groups is 1. The van der Waals surface area contributed by atoms with Gasteiger partial charge in [0.2, 0.25) is 5.91 Å². The first-order valence-electron chi connectivity index (χ1n) is 11.0. The summed E-state index contributed by atoms with van der Waals surface area (Å²) in [6.45, 7) is 3.03.